The van der Waals surface area contributed by atoms with Gasteiger partial charge in [-0.25, -0.2) is 4.98 Å². The fourth-order valence-corrected chi connectivity index (χ4v) is 3.98. The zero-order valence-electron chi connectivity index (χ0n) is 15.4. The van der Waals surface area contributed by atoms with E-state index in [0.29, 0.717) is 44.3 Å². The molecule has 3 saturated heterocycles. The first-order chi connectivity index (χ1) is 13.2. The van der Waals surface area contributed by atoms with E-state index in [1.165, 1.54) is 0 Å². The highest BCUT2D eigenvalue weighted by molar-refractivity contribution is 5.92. The van der Waals surface area contributed by atoms with Crippen LogP contribution in [0, 0.1) is 5.92 Å². The zero-order valence-corrected chi connectivity index (χ0v) is 15.4. The molecule has 2 bridgehead atoms. The van der Waals surface area contributed by atoms with Gasteiger partial charge in [0.1, 0.15) is 5.76 Å². The molecule has 0 aromatic carbocycles. The molecule has 0 N–H and O–H groups in total. The smallest absolute Gasteiger partial charge is 0.289 e. The maximum atomic E-state index is 13.0. The van der Waals surface area contributed by atoms with Crippen LogP contribution in [0.2, 0.25) is 0 Å². The third kappa shape index (κ3) is 3.62. The average Bonchev–Trinajstić information content (AvgIpc) is 3.27. The number of amides is 2. The summed E-state index contributed by atoms with van der Waals surface area (Å²) in [4.78, 5) is 33.3. The van der Waals surface area contributed by atoms with Gasteiger partial charge in [0.25, 0.3) is 5.91 Å². The van der Waals surface area contributed by atoms with E-state index in [0.717, 1.165) is 12.8 Å². The fourth-order valence-electron chi connectivity index (χ4n) is 3.98. The van der Waals surface area contributed by atoms with Crippen molar-refractivity contribution in [3.05, 3.63) is 42.4 Å². The van der Waals surface area contributed by atoms with Crippen LogP contribution in [0.5, 0.6) is 0 Å². The fraction of sp³-hybridized carbons (Fsp3) is 0.526. The molecule has 0 saturated carbocycles. The zero-order chi connectivity index (χ0) is 18.8. The summed E-state index contributed by atoms with van der Waals surface area (Å²) in [5.74, 6) is 0.878. The Morgan fingerprint density at radius 2 is 2.22 bits per heavy atom. The predicted molar refractivity (Wildman–Crippen MR) is 96.0 cm³/mol. The van der Waals surface area contributed by atoms with Crippen molar-refractivity contribution in [3.8, 4) is 0 Å². The van der Waals surface area contributed by atoms with Gasteiger partial charge in [-0.15, -0.1) is 0 Å². The molecule has 0 unspecified atom stereocenters. The van der Waals surface area contributed by atoms with E-state index >= 15 is 0 Å². The molecule has 144 valence electrons. The van der Waals surface area contributed by atoms with E-state index in [4.69, 9.17) is 9.15 Å². The largest absolute Gasteiger partial charge is 0.454 e. The molecule has 3 aliphatic heterocycles. The van der Waals surface area contributed by atoms with Crippen molar-refractivity contribution in [2.75, 3.05) is 33.4 Å². The molecule has 2 amide bonds. The Balaban J connectivity index is 1.46. The predicted octanol–water partition coefficient (Wildman–Crippen LogP) is 1.23. The molecule has 8 nitrogen and oxygen atoms in total. The number of methoxy groups -OCH3 is 1. The van der Waals surface area contributed by atoms with Gasteiger partial charge in [-0.05, 0) is 25.0 Å². The van der Waals surface area contributed by atoms with Gasteiger partial charge in [-0.3, -0.25) is 9.59 Å². The lowest BCUT2D eigenvalue weighted by atomic mass is 9.94. The number of ether oxygens (including phenoxy) is 1. The minimum atomic E-state index is -0.148. The summed E-state index contributed by atoms with van der Waals surface area (Å²) in [5, 5.41) is 0. The van der Waals surface area contributed by atoms with E-state index in [1.807, 2.05) is 21.7 Å². The molecule has 2 aromatic heterocycles. The highest BCUT2D eigenvalue weighted by Gasteiger charge is 2.42. The van der Waals surface area contributed by atoms with Gasteiger partial charge in [0, 0.05) is 45.2 Å². The Bertz CT molecular complexity index is 801. The van der Waals surface area contributed by atoms with Gasteiger partial charge in [-0.1, -0.05) is 0 Å². The summed E-state index contributed by atoms with van der Waals surface area (Å²) >= 11 is 0. The second-order valence-electron chi connectivity index (χ2n) is 7.16. The van der Waals surface area contributed by atoms with Crippen LogP contribution in [0.3, 0.4) is 0 Å². The van der Waals surface area contributed by atoms with Crippen molar-refractivity contribution in [3.63, 3.8) is 0 Å². The van der Waals surface area contributed by atoms with Crippen LogP contribution in [0.1, 0.15) is 29.2 Å². The van der Waals surface area contributed by atoms with Gasteiger partial charge >= 0.3 is 0 Å². The third-order valence-corrected chi connectivity index (χ3v) is 5.39. The van der Waals surface area contributed by atoms with Crippen LogP contribution in [-0.2, 0) is 16.1 Å². The highest BCUT2D eigenvalue weighted by atomic mass is 16.5. The molecule has 3 aliphatic rings. The maximum absolute atomic E-state index is 13.0. The minimum Gasteiger partial charge on any atom is -0.454 e. The van der Waals surface area contributed by atoms with Crippen LogP contribution < -0.4 is 0 Å². The number of fused-ring (bicyclic) bond motifs is 4. The SMILES string of the molecule is COCCN1C(=O)[C@H]2CC[C@@H]1CN(C(=O)c1ccc(Cn3ccnc3)o1)C2. The number of rotatable bonds is 6. The first kappa shape index (κ1) is 17.8. The average molecular weight is 372 g/mol. The van der Waals surface area contributed by atoms with Crippen molar-refractivity contribution in [1.29, 1.82) is 0 Å². The number of hydrogen-bond acceptors (Lipinski definition) is 5. The minimum absolute atomic E-state index is 0.0516. The Morgan fingerprint density at radius 3 is 3.00 bits per heavy atom. The van der Waals surface area contributed by atoms with Crippen molar-refractivity contribution in [2.45, 2.75) is 25.4 Å². The second-order valence-corrected chi connectivity index (χ2v) is 7.16. The molecule has 27 heavy (non-hydrogen) atoms. The van der Waals surface area contributed by atoms with Gasteiger partial charge in [0.15, 0.2) is 5.76 Å². The number of piperidine rings is 1. The van der Waals surface area contributed by atoms with Crippen molar-refractivity contribution in [2.24, 2.45) is 5.92 Å². The normalized spacial score (nSPS) is 22.3. The Labute approximate surface area is 157 Å². The lowest BCUT2D eigenvalue weighted by molar-refractivity contribution is -0.140. The molecule has 0 aliphatic carbocycles. The molecule has 2 atom stereocenters. The van der Waals surface area contributed by atoms with Gasteiger partial charge in [0.2, 0.25) is 5.91 Å². The molecular formula is C19H24N4O4. The third-order valence-electron chi connectivity index (χ3n) is 5.39. The lowest BCUT2D eigenvalue weighted by Gasteiger charge is -2.35. The number of nitrogens with zero attached hydrogens (tertiary/aromatic N) is 4. The maximum Gasteiger partial charge on any atom is 0.289 e. The number of imidazole rings is 1. The summed E-state index contributed by atoms with van der Waals surface area (Å²) in [6, 6.07) is 3.58. The van der Waals surface area contributed by atoms with Gasteiger partial charge in [0.05, 0.1) is 25.4 Å². The quantitative estimate of drug-likeness (QED) is 0.762. The summed E-state index contributed by atoms with van der Waals surface area (Å²) in [7, 11) is 1.63. The monoisotopic (exact) mass is 372 g/mol. The summed E-state index contributed by atoms with van der Waals surface area (Å²) in [6.07, 6.45) is 7.01. The summed E-state index contributed by atoms with van der Waals surface area (Å²) in [5.41, 5.74) is 0. The standard InChI is InChI=1S/C19H24N4O4/c1-26-9-8-23-15-3-2-14(18(23)24)10-22(11-15)19(25)17-5-4-16(27-17)12-21-7-6-20-13-21/h4-7,13-15H,2-3,8-12H2,1H3/t14-,15+/m0/s1. The molecule has 5 heterocycles. The number of carbonyl (C=O) groups excluding carboxylic acids is 2. The van der Waals surface area contributed by atoms with E-state index in [1.54, 1.807) is 30.6 Å². The van der Waals surface area contributed by atoms with Crippen molar-refractivity contribution < 1.29 is 18.7 Å². The number of carbonyl (C=O) groups is 2. The number of hydrogen-bond donors (Lipinski definition) is 0. The topological polar surface area (TPSA) is 80.8 Å². The number of furan rings is 1. The molecule has 2 aromatic rings. The number of aromatic nitrogens is 2. The van der Waals surface area contributed by atoms with Crippen LogP contribution >= 0.6 is 0 Å². The molecule has 3 fully saturated rings. The van der Waals surface area contributed by atoms with Crippen molar-refractivity contribution in [1.82, 2.24) is 19.4 Å². The Morgan fingerprint density at radius 1 is 1.33 bits per heavy atom. The molecular weight excluding hydrogens is 348 g/mol. The molecule has 0 radical (unpaired) electrons. The van der Waals surface area contributed by atoms with Crippen LogP contribution in [-0.4, -0.2) is 70.6 Å². The van der Waals surface area contributed by atoms with E-state index < -0.39 is 0 Å². The first-order valence-corrected chi connectivity index (χ1v) is 9.29. The van der Waals surface area contributed by atoms with E-state index in [9.17, 15) is 9.59 Å². The van der Waals surface area contributed by atoms with Crippen LogP contribution in [0.25, 0.3) is 0 Å². The highest BCUT2D eigenvalue weighted by Crippen LogP contribution is 2.30. The molecule has 5 rings (SSSR count). The first-order valence-electron chi connectivity index (χ1n) is 9.29. The van der Waals surface area contributed by atoms with E-state index in [2.05, 4.69) is 4.98 Å². The summed E-state index contributed by atoms with van der Waals surface area (Å²) < 4.78 is 12.8. The molecule has 0 spiro atoms. The van der Waals surface area contributed by atoms with Crippen LogP contribution in [0.4, 0.5) is 0 Å². The Hall–Kier alpha value is -2.61. The molecule has 8 heteroatoms. The second kappa shape index (κ2) is 7.56. The van der Waals surface area contributed by atoms with Gasteiger partial charge < -0.3 is 23.5 Å². The van der Waals surface area contributed by atoms with Crippen molar-refractivity contribution >= 4 is 11.8 Å². The Kier molecular flexibility index (Phi) is 4.98. The van der Waals surface area contributed by atoms with E-state index in [-0.39, 0.29) is 23.8 Å². The summed E-state index contributed by atoms with van der Waals surface area (Å²) in [6.45, 7) is 2.62. The van der Waals surface area contributed by atoms with Gasteiger partial charge in [-0.2, -0.15) is 0 Å². The lowest BCUT2D eigenvalue weighted by Crippen LogP contribution is -2.49. The van der Waals surface area contributed by atoms with Crippen LogP contribution in [0.15, 0.2) is 35.3 Å².